The van der Waals surface area contributed by atoms with Crippen molar-refractivity contribution in [2.45, 2.75) is 44.6 Å². The number of nitrogens with one attached hydrogen (secondary N) is 2. The van der Waals surface area contributed by atoms with E-state index in [0.29, 0.717) is 11.5 Å². The summed E-state index contributed by atoms with van der Waals surface area (Å²) < 4.78 is 0. The first-order valence-corrected chi connectivity index (χ1v) is 7.45. The van der Waals surface area contributed by atoms with Crippen molar-refractivity contribution in [1.29, 1.82) is 0 Å². The molecule has 1 heterocycles. The molecule has 0 amide bonds. The minimum atomic E-state index is 0.294. The molecule has 2 N–H and O–H groups in total. The van der Waals surface area contributed by atoms with Crippen LogP contribution in [0.15, 0.2) is 6.07 Å². The summed E-state index contributed by atoms with van der Waals surface area (Å²) in [4.78, 5) is 11.5. The van der Waals surface area contributed by atoms with Crippen LogP contribution in [0.25, 0.3) is 0 Å². The smallest absolute Gasteiger partial charge is 0.135 e. The van der Waals surface area contributed by atoms with E-state index in [0.717, 1.165) is 24.0 Å². The van der Waals surface area contributed by atoms with Gasteiger partial charge in [-0.3, -0.25) is 0 Å². The van der Waals surface area contributed by atoms with Crippen LogP contribution in [0.2, 0.25) is 0 Å². The van der Waals surface area contributed by atoms with Gasteiger partial charge in [-0.05, 0) is 33.4 Å². The van der Waals surface area contributed by atoms with Crippen LogP contribution in [0, 0.1) is 0 Å². The van der Waals surface area contributed by atoms with Crippen molar-refractivity contribution in [3.8, 4) is 0 Å². The van der Waals surface area contributed by atoms with Gasteiger partial charge in [-0.15, -0.1) is 0 Å². The van der Waals surface area contributed by atoms with Gasteiger partial charge in [0.2, 0.25) is 0 Å². The number of likely N-dealkylation sites (N-methyl/N-ethyl adjacent to an activating group) is 1. The molecule has 5 nitrogen and oxygen atoms in total. The summed E-state index contributed by atoms with van der Waals surface area (Å²) in [6.45, 7) is 5.18. The molecule has 1 fully saturated rings. The molecule has 0 spiro atoms. The quantitative estimate of drug-likeness (QED) is 0.837. The number of nitrogens with zero attached hydrogens (tertiary/aromatic N) is 3. The zero-order valence-corrected chi connectivity index (χ0v) is 13.3. The summed E-state index contributed by atoms with van der Waals surface area (Å²) in [6, 6.07) is 1.98. The van der Waals surface area contributed by atoms with Crippen molar-refractivity contribution in [3.63, 3.8) is 0 Å². The second kappa shape index (κ2) is 5.95. The molecule has 0 saturated heterocycles. The fraction of sp³-hybridized carbons (Fsp3) is 0.733. The summed E-state index contributed by atoms with van der Waals surface area (Å²) in [7, 11) is 6.22. The second-order valence-electron chi connectivity index (χ2n) is 6.23. The van der Waals surface area contributed by atoms with Gasteiger partial charge in [0, 0.05) is 31.1 Å². The predicted molar refractivity (Wildman–Crippen MR) is 84.4 cm³/mol. The van der Waals surface area contributed by atoms with E-state index in [4.69, 9.17) is 0 Å². The average Bonchev–Trinajstić information content (AvgIpc) is 2.36. The fourth-order valence-electron chi connectivity index (χ4n) is 2.56. The number of hydrogen-bond acceptors (Lipinski definition) is 5. The highest BCUT2D eigenvalue weighted by molar-refractivity contribution is 5.47. The highest BCUT2D eigenvalue weighted by Gasteiger charge is 2.38. The SMILES string of the molecule is CNc1cc(NCC2(N(C)C)CCC2)nc(C(C)C)n1. The molecule has 20 heavy (non-hydrogen) atoms. The standard InChI is InChI=1S/C15H27N5/c1-11(2)14-18-12(16-3)9-13(19-14)17-10-15(20(4)5)7-6-8-15/h9,11H,6-8,10H2,1-5H3,(H2,16,17,18,19). The van der Waals surface area contributed by atoms with Crippen LogP contribution in [0.3, 0.4) is 0 Å². The third-order valence-corrected chi connectivity index (χ3v) is 4.35. The lowest BCUT2D eigenvalue weighted by Crippen LogP contribution is -2.54. The number of hydrogen-bond donors (Lipinski definition) is 2. The van der Waals surface area contributed by atoms with Crippen molar-refractivity contribution in [3.05, 3.63) is 11.9 Å². The third-order valence-electron chi connectivity index (χ3n) is 4.35. The van der Waals surface area contributed by atoms with Crippen molar-refractivity contribution >= 4 is 11.6 Å². The van der Waals surface area contributed by atoms with Crippen LogP contribution in [0.5, 0.6) is 0 Å². The van der Waals surface area contributed by atoms with Gasteiger partial charge in [0.25, 0.3) is 0 Å². The van der Waals surface area contributed by atoms with Crippen LogP contribution in [-0.2, 0) is 0 Å². The Hall–Kier alpha value is -1.36. The summed E-state index contributed by atoms with van der Waals surface area (Å²) >= 11 is 0. The molecule has 1 saturated carbocycles. The molecule has 0 unspecified atom stereocenters. The largest absolute Gasteiger partial charge is 0.373 e. The van der Waals surface area contributed by atoms with E-state index in [2.05, 4.69) is 53.4 Å². The average molecular weight is 277 g/mol. The summed E-state index contributed by atoms with van der Waals surface area (Å²) in [5.74, 6) is 3.00. The van der Waals surface area contributed by atoms with E-state index in [1.54, 1.807) is 0 Å². The molecule has 112 valence electrons. The molecular weight excluding hydrogens is 250 g/mol. The van der Waals surface area contributed by atoms with E-state index in [1.165, 1.54) is 19.3 Å². The van der Waals surface area contributed by atoms with E-state index >= 15 is 0 Å². The fourth-order valence-corrected chi connectivity index (χ4v) is 2.56. The van der Waals surface area contributed by atoms with Gasteiger partial charge < -0.3 is 15.5 Å². The van der Waals surface area contributed by atoms with Crippen LogP contribution >= 0.6 is 0 Å². The lowest BCUT2D eigenvalue weighted by atomic mass is 9.75. The summed E-state index contributed by atoms with van der Waals surface area (Å²) in [6.07, 6.45) is 3.84. The highest BCUT2D eigenvalue weighted by Crippen LogP contribution is 2.36. The Morgan fingerprint density at radius 2 is 1.90 bits per heavy atom. The number of aromatic nitrogens is 2. The first kappa shape index (κ1) is 15.0. The zero-order valence-electron chi connectivity index (χ0n) is 13.3. The van der Waals surface area contributed by atoms with Crippen molar-refractivity contribution < 1.29 is 0 Å². The van der Waals surface area contributed by atoms with E-state index in [9.17, 15) is 0 Å². The third kappa shape index (κ3) is 3.03. The number of anilines is 2. The molecule has 0 aromatic carbocycles. The van der Waals surface area contributed by atoms with Gasteiger partial charge in [-0.2, -0.15) is 0 Å². The van der Waals surface area contributed by atoms with Crippen LogP contribution in [-0.4, -0.2) is 48.1 Å². The van der Waals surface area contributed by atoms with Crippen molar-refractivity contribution in [2.24, 2.45) is 0 Å². The van der Waals surface area contributed by atoms with Crippen LogP contribution < -0.4 is 10.6 Å². The van der Waals surface area contributed by atoms with Gasteiger partial charge in [0.05, 0.1) is 0 Å². The van der Waals surface area contributed by atoms with Gasteiger partial charge in [-0.1, -0.05) is 13.8 Å². The molecule has 0 atom stereocenters. The normalized spacial score (nSPS) is 17.1. The van der Waals surface area contributed by atoms with Crippen LogP contribution in [0.1, 0.15) is 44.9 Å². The lowest BCUT2D eigenvalue weighted by molar-refractivity contribution is 0.0738. The first-order valence-electron chi connectivity index (χ1n) is 7.45. The second-order valence-corrected chi connectivity index (χ2v) is 6.23. The molecule has 1 aliphatic rings. The maximum Gasteiger partial charge on any atom is 0.135 e. The molecule has 1 aromatic rings. The Kier molecular flexibility index (Phi) is 4.48. The Morgan fingerprint density at radius 3 is 2.35 bits per heavy atom. The summed E-state index contributed by atoms with van der Waals surface area (Å²) in [5.41, 5.74) is 0.294. The van der Waals surface area contributed by atoms with Gasteiger partial charge in [0.15, 0.2) is 0 Å². The molecule has 0 aliphatic heterocycles. The van der Waals surface area contributed by atoms with E-state index in [-0.39, 0.29) is 0 Å². The molecule has 2 rings (SSSR count). The van der Waals surface area contributed by atoms with Gasteiger partial charge >= 0.3 is 0 Å². The Bertz CT molecular complexity index is 452. The minimum absolute atomic E-state index is 0.294. The van der Waals surface area contributed by atoms with E-state index in [1.807, 2.05) is 13.1 Å². The Balaban J connectivity index is 2.10. The summed E-state index contributed by atoms with van der Waals surface area (Å²) in [5, 5.41) is 6.61. The molecular formula is C15H27N5. The Morgan fingerprint density at radius 1 is 1.25 bits per heavy atom. The predicted octanol–water partition coefficient (Wildman–Crippen LogP) is 2.54. The number of rotatable bonds is 6. The van der Waals surface area contributed by atoms with E-state index < -0.39 is 0 Å². The van der Waals surface area contributed by atoms with Crippen molar-refractivity contribution in [1.82, 2.24) is 14.9 Å². The highest BCUT2D eigenvalue weighted by atomic mass is 15.2. The minimum Gasteiger partial charge on any atom is -0.373 e. The topological polar surface area (TPSA) is 53.1 Å². The molecule has 1 aliphatic carbocycles. The van der Waals surface area contributed by atoms with Gasteiger partial charge in [-0.25, -0.2) is 9.97 Å². The maximum absolute atomic E-state index is 4.62. The van der Waals surface area contributed by atoms with Gasteiger partial charge in [0.1, 0.15) is 17.5 Å². The van der Waals surface area contributed by atoms with Crippen LogP contribution in [0.4, 0.5) is 11.6 Å². The Labute approximate surface area is 122 Å². The molecule has 1 aromatic heterocycles. The molecule has 0 bridgehead atoms. The molecule has 0 radical (unpaired) electrons. The zero-order chi connectivity index (χ0) is 14.8. The molecule has 5 heteroatoms. The van der Waals surface area contributed by atoms with Crippen molar-refractivity contribution in [2.75, 3.05) is 38.3 Å². The monoisotopic (exact) mass is 277 g/mol. The lowest BCUT2D eigenvalue weighted by Gasteiger charge is -2.47. The maximum atomic E-state index is 4.62. The first-order chi connectivity index (χ1) is 9.47.